The van der Waals surface area contributed by atoms with Crippen LogP contribution in [0.5, 0.6) is 5.75 Å². The number of rotatable bonds is 5. The summed E-state index contributed by atoms with van der Waals surface area (Å²) in [6.07, 6.45) is 2.10. The Kier molecular flexibility index (Phi) is 4.99. The van der Waals surface area contributed by atoms with Crippen molar-refractivity contribution in [1.29, 1.82) is 0 Å². The number of hydrogen-bond donors (Lipinski definition) is 2. The molecule has 0 aliphatic rings. The monoisotopic (exact) mass is 225 g/mol. The average molecular weight is 225 g/mol. The quantitative estimate of drug-likeness (QED) is 0.807. The second-order valence-electron chi connectivity index (χ2n) is 3.82. The van der Waals surface area contributed by atoms with Gasteiger partial charge in [0.05, 0.1) is 0 Å². The zero-order valence-corrected chi connectivity index (χ0v) is 10.4. The molecule has 0 bridgehead atoms. The van der Waals surface area contributed by atoms with Gasteiger partial charge in [-0.25, -0.2) is 0 Å². The molecule has 0 aliphatic carbocycles. The molecule has 0 radical (unpaired) electrons. The van der Waals surface area contributed by atoms with Crippen LogP contribution in [-0.2, 0) is 6.54 Å². The summed E-state index contributed by atoms with van der Waals surface area (Å²) < 4.78 is 0. The summed E-state index contributed by atoms with van der Waals surface area (Å²) in [6.45, 7) is 4.81. The smallest absolute Gasteiger partial charge is 0.122 e. The summed E-state index contributed by atoms with van der Waals surface area (Å²) in [7, 11) is 0. The standard InChI is InChI=1S/C12H19NOS/c1-9-5-4-6-11(12(9)14)7-13-10(2)8-15-3/h4-6,10,13-14H,7-8H2,1-3H3. The lowest BCUT2D eigenvalue weighted by Gasteiger charge is -2.13. The molecule has 84 valence electrons. The molecule has 1 unspecified atom stereocenters. The summed E-state index contributed by atoms with van der Waals surface area (Å²) in [5, 5.41) is 13.2. The topological polar surface area (TPSA) is 32.3 Å². The van der Waals surface area contributed by atoms with Crippen molar-refractivity contribution in [3.05, 3.63) is 29.3 Å². The molecular weight excluding hydrogens is 206 g/mol. The third kappa shape index (κ3) is 3.76. The molecule has 1 rings (SSSR count). The van der Waals surface area contributed by atoms with Crippen LogP contribution < -0.4 is 5.32 Å². The van der Waals surface area contributed by atoms with Crippen LogP contribution in [0.2, 0.25) is 0 Å². The molecule has 15 heavy (non-hydrogen) atoms. The fraction of sp³-hybridized carbons (Fsp3) is 0.500. The largest absolute Gasteiger partial charge is 0.507 e. The van der Waals surface area contributed by atoms with Gasteiger partial charge < -0.3 is 10.4 Å². The summed E-state index contributed by atoms with van der Waals surface area (Å²) in [5.41, 5.74) is 1.91. The average Bonchev–Trinajstić information content (AvgIpc) is 2.21. The summed E-state index contributed by atoms with van der Waals surface area (Å²) in [6, 6.07) is 6.33. The molecule has 0 spiro atoms. The zero-order valence-electron chi connectivity index (χ0n) is 9.58. The van der Waals surface area contributed by atoms with Crippen LogP contribution in [0.1, 0.15) is 18.1 Å². The molecule has 0 saturated carbocycles. The van der Waals surface area contributed by atoms with E-state index in [1.807, 2.05) is 36.9 Å². The number of aryl methyl sites for hydroxylation is 1. The third-order valence-corrected chi connectivity index (χ3v) is 3.21. The maximum absolute atomic E-state index is 9.80. The first kappa shape index (κ1) is 12.4. The van der Waals surface area contributed by atoms with Gasteiger partial charge in [0.25, 0.3) is 0 Å². The van der Waals surface area contributed by atoms with Gasteiger partial charge in [-0.3, -0.25) is 0 Å². The fourth-order valence-electron chi connectivity index (χ4n) is 1.46. The lowest BCUT2D eigenvalue weighted by molar-refractivity contribution is 0.457. The SMILES string of the molecule is CSCC(C)NCc1cccc(C)c1O. The van der Waals surface area contributed by atoms with E-state index in [0.29, 0.717) is 11.8 Å². The second kappa shape index (κ2) is 6.03. The van der Waals surface area contributed by atoms with E-state index < -0.39 is 0 Å². The maximum atomic E-state index is 9.80. The number of aromatic hydroxyl groups is 1. The first-order valence-electron chi connectivity index (χ1n) is 5.15. The number of nitrogens with one attached hydrogen (secondary N) is 1. The minimum atomic E-state index is 0.418. The molecule has 1 aromatic rings. The van der Waals surface area contributed by atoms with Gasteiger partial charge in [0, 0.05) is 23.9 Å². The number of hydrogen-bond acceptors (Lipinski definition) is 3. The van der Waals surface area contributed by atoms with E-state index >= 15 is 0 Å². The molecule has 2 nitrogen and oxygen atoms in total. The zero-order chi connectivity index (χ0) is 11.3. The van der Waals surface area contributed by atoms with Crippen LogP contribution in [0.3, 0.4) is 0 Å². The van der Waals surface area contributed by atoms with Crippen LogP contribution in [0.15, 0.2) is 18.2 Å². The van der Waals surface area contributed by atoms with Crippen LogP contribution in [0.25, 0.3) is 0 Å². The van der Waals surface area contributed by atoms with Gasteiger partial charge in [-0.15, -0.1) is 0 Å². The molecule has 3 heteroatoms. The van der Waals surface area contributed by atoms with Crippen LogP contribution >= 0.6 is 11.8 Å². The van der Waals surface area contributed by atoms with Gasteiger partial charge in [-0.1, -0.05) is 18.2 Å². The number of phenolic OH excluding ortho intramolecular Hbond substituents is 1. The number of thioether (sulfide) groups is 1. The van der Waals surface area contributed by atoms with Gasteiger partial charge >= 0.3 is 0 Å². The summed E-state index contributed by atoms with van der Waals surface area (Å²) in [5.74, 6) is 1.51. The molecule has 0 fully saturated rings. The van der Waals surface area contributed by atoms with Crippen LogP contribution in [-0.4, -0.2) is 23.2 Å². The Hall–Kier alpha value is -0.670. The van der Waals surface area contributed by atoms with E-state index in [9.17, 15) is 5.11 Å². The number of benzene rings is 1. The molecule has 0 aromatic heterocycles. The van der Waals surface area contributed by atoms with Crippen molar-refractivity contribution in [2.75, 3.05) is 12.0 Å². The molecule has 1 aromatic carbocycles. The highest BCUT2D eigenvalue weighted by Gasteiger charge is 2.05. The lowest BCUT2D eigenvalue weighted by Crippen LogP contribution is -2.27. The van der Waals surface area contributed by atoms with Crippen LogP contribution in [0.4, 0.5) is 0 Å². The Morgan fingerprint density at radius 3 is 2.87 bits per heavy atom. The fourth-order valence-corrected chi connectivity index (χ4v) is 2.07. The van der Waals surface area contributed by atoms with E-state index in [2.05, 4.69) is 18.5 Å². The predicted octanol–water partition coefficient (Wildman–Crippen LogP) is 2.54. The van der Waals surface area contributed by atoms with Crippen LogP contribution in [0, 0.1) is 6.92 Å². The highest BCUT2D eigenvalue weighted by molar-refractivity contribution is 7.98. The summed E-state index contributed by atoms with van der Waals surface area (Å²) >= 11 is 1.83. The minimum Gasteiger partial charge on any atom is -0.507 e. The van der Waals surface area contributed by atoms with E-state index in [1.165, 1.54) is 0 Å². The van der Waals surface area contributed by atoms with Gasteiger partial charge in [-0.2, -0.15) is 11.8 Å². The van der Waals surface area contributed by atoms with Crippen molar-refractivity contribution in [2.45, 2.75) is 26.4 Å². The first-order chi connectivity index (χ1) is 7.15. The van der Waals surface area contributed by atoms with E-state index in [1.54, 1.807) is 0 Å². The first-order valence-corrected chi connectivity index (χ1v) is 6.54. The number of phenols is 1. The third-order valence-electron chi connectivity index (χ3n) is 2.38. The minimum absolute atomic E-state index is 0.418. The highest BCUT2D eigenvalue weighted by atomic mass is 32.2. The van der Waals surface area contributed by atoms with Crippen molar-refractivity contribution in [1.82, 2.24) is 5.32 Å². The van der Waals surface area contributed by atoms with E-state index in [4.69, 9.17) is 0 Å². The lowest BCUT2D eigenvalue weighted by atomic mass is 10.1. The van der Waals surface area contributed by atoms with Crippen molar-refractivity contribution in [3.8, 4) is 5.75 Å². The molecule has 0 heterocycles. The van der Waals surface area contributed by atoms with Gasteiger partial charge in [0.1, 0.15) is 5.75 Å². The Morgan fingerprint density at radius 1 is 1.47 bits per heavy atom. The van der Waals surface area contributed by atoms with Gasteiger partial charge in [0.15, 0.2) is 0 Å². The molecule has 0 amide bonds. The molecular formula is C12H19NOS. The highest BCUT2D eigenvalue weighted by Crippen LogP contribution is 2.21. The van der Waals surface area contributed by atoms with Crippen molar-refractivity contribution >= 4 is 11.8 Å². The Balaban J connectivity index is 2.54. The Bertz CT molecular complexity index is 314. The Morgan fingerprint density at radius 2 is 2.20 bits per heavy atom. The van der Waals surface area contributed by atoms with Crippen molar-refractivity contribution < 1.29 is 5.11 Å². The van der Waals surface area contributed by atoms with Gasteiger partial charge in [-0.05, 0) is 25.7 Å². The summed E-state index contributed by atoms with van der Waals surface area (Å²) in [4.78, 5) is 0. The van der Waals surface area contributed by atoms with E-state index in [0.717, 1.165) is 23.4 Å². The van der Waals surface area contributed by atoms with Gasteiger partial charge in [0.2, 0.25) is 0 Å². The molecule has 0 aliphatic heterocycles. The van der Waals surface area contributed by atoms with Crippen molar-refractivity contribution in [2.24, 2.45) is 0 Å². The van der Waals surface area contributed by atoms with E-state index in [-0.39, 0.29) is 0 Å². The predicted molar refractivity (Wildman–Crippen MR) is 67.5 cm³/mol. The molecule has 1 atom stereocenters. The number of para-hydroxylation sites is 1. The maximum Gasteiger partial charge on any atom is 0.122 e. The van der Waals surface area contributed by atoms with Crippen molar-refractivity contribution in [3.63, 3.8) is 0 Å². The molecule has 0 saturated heterocycles. The Labute approximate surface area is 96.1 Å². The second-order valence-corrected chi connectivity index (χ2v) is 4.73. The normalized spacial score (nSPS) is 12.7. The molecule has 2 N–H and O–H groups in total.